The van der Waals surface area contributed by atoms with Crippen LogP contribution in [0.2, 0.25) is 0 Å². The molecule has 0 saturated heterocycles. The Balaban J connectivity index is 5.12. The standard InChI is InChI=1S/C18H3P/c1-4-7-10-13-16-19(17-14-11-8-5-2)18-15-12-9-6-3/h1-3H. The highest BCUT2D eigenvalue weighted by Gasteiger charge is 1.91. The van der Waals surface area contributed by atoms with Gasteiger partial charge in [-0.15, -0.1) is 19.3 Å². The first-order valence-corrected chi connectivity index (χ1v) is 5.88. The van der Waals surface area contributed by atoms with Gasteiger partial charge in [-0.05, 0) is 88.0 Å². The first-order chi connectivity index (χ1) is 9.35. The number of hydrogen-bond acceptors (Lipinski definition) is 0. The molecule has 0 aromatic heterocycles. The maximum atomic E-state index is 4.96. The van der Waals surface area contributed by atoms with E-state index in [2.05, 4.69) is 88.0 Å². The Labute approximate surface area is 115 Å². The van der Waals surface area contributed by atoms with Crippen LogP contribution in [0.15, 0.2) is 0 Å². The molecule has 0 aromatic carbocycles. The molecule has 0 heterocycles. The van der Waals surface area contributed by atoms with Gasteiger partial charge in [0, 0.05) is 0 Å². The average Bonchev–Trinajstić information content (AvgIpc) is 2.43. The second-order valence-corrected chi connectivity index (χ2v) is 3.57. The van der Waals surface area contributed by atoms with E-state index in [9.17, 15) is 0 Å². The zero-order chi connectivity index (χ0) is 14.2. The summed E-state index contributed by atoms with van der Waals surface area (Å²) in [7, 11) is -1.21. The molecule has 0 bridgehead atoms. The molecular formula is C18H3P. The molecule has 0 N–H and O–H groups in total. The summed E-state index contributed by atoms with van der Waals surface area (Å²) < 4.78 is 0. The SMILES string of the molecule is C#CC#CC#CP(C#CC#CC#C)C#CC#CC#C. The third-order valence-corrected chi connectivity index (χ3v) is 2.10. The van der Waals surface area contributed by atoms with Crippen LogP contribution in [0.5, 0.6) is 0 Å². The summed E-state index contributed by atoms with van der Waals surface area (Å²) in [5.74, 6) is 28.6. The van der Waals surface area contributed by atoms with Crippen molar-refractivity contribution >= 4 is 7.92 Å². The summed E-state index contributed by atoms with van der Waals surface area (Å²) in [4.78, 5) is 0. The molecule has 0 atom stereocenters. The van der Waals surface area contributed by atoms with Crippen LogP contribution in [0.25, 0.3) is 0 Å². The van der Waals surface area contributed by atoms with Gasteiger partial charge in [0.25, 0.3) is 0 Å². The van der Waals surface area contributed by atoms with Crippen LogP contribution >= 0.6 is 7.92 Å². The quantitative estimate of drug-likeness (QED) is 0.448. The van der Waals surface area contributed by atoms with Crippen LogP contribution in [0.4, 0.5) is 0 Å². The van der Waals surface area contributed by atoms with E-state index in [0.29, 0.717) is 0 Å². The van der Waals surface area contributed by atoms with Gasteiger partial charge in [-0.2, -0.15) is 0 Å². The summed E-state index contributed by atoms with van der Waals surface area (Å²) in [5, 5.41) is 0. The molecule has 0 fully saturated rings. The minimum Gasteiger partial charge on any atom is -0.106 e. The molecule has 0 nitrogen and oxygen atoms in total. The van der Waals surface area contributed by atoms with Crippen molar-refractivity contribution in [3.05, 3.63) is 0 Å². The van der Waals surface area contributed by atoms with Crippen LogP contribution in [0, 0.1) is 107 Å². The summed E-state index contributed by atoms with van der Waals surface area (Å²) in [6.45, 7) is 0. The molecule has 0 amide bonds. The van der Waals surface area contributed by atoms with Gasteiger partial charge in [0.2, 0.25) is 0 Å². The number of terminal acetylenes is 3. The fraction of sp³-hybridized carbons (Fsp3) is 0. The highest BCUT2D eigenvalue weighted by molar-refractivity contribution is 7.72. The predicted octanol–water partition coefficient (Wildman–Crippen LogP) is 1.26. The molecular weight excluding hydrogens is 247 g/mol. The zero-order valence-corrected chi connectivity index (χ0v) is 10.6. The molecule has 0 spiro atoms. The van der Waals surface area contributed by atoms with Gasteiger partial charge in [0.1, 0.15) is 7.92 Å². The van der Waals surface area contributed by atoms with E-state index in [-0.39, 0.29) is 0 Å². The molecule has 0 rings (SSSR count). The molecule has 0 radical (unpaired) electrons. The minimum atomic E-state index is -1.21. The van der Waals surface area contributed by atoms with Crippen LogP contribution in [0.1, 0.15) is 0 Å². The molecule has 80 valence electrons. The summed E-state index contributed by atoms with van der Waals surface area (Å²) in [6.07, 6.45) is 14.9. The monoisotopic (exact) mass is 250 g/mol. The Hall–Kier alpha value is -3.53. The molecule has 1 heteroatoms. The maximum absolute atomic E-state index is 4.96. The zero-order valence-electron chi connectivity index (χ0n) is 9.68. The Morgan fingerprint density at radius 2 is 0.737 bits per heavy atom. The van der Waals surface area contributed by atoms with Crippen LogP contribution in [0.3, 0.4) is 0 Å². The third kappa shape index (κ3) is 10.7. The molecule has 0 unspecified atom stereocenters. The van der Waals surface area contributed by atoms with Crippen molar-refractivity contribution in [2.75, 3.05) is 0 Å². The van der Waals surface area contributed by atoms with Crippen molar-refractivity contribution in [3.63, 3.8) is 0 Å². The largest absolute Gasteiger partial charge is 0.130 e. The summed E-state index contributed by atoms with van der Waals surface area (Å²) >= 11 is 0. The lowest BCUT2D eigenvalue weighted by molar-refractivity contribution is 2.42. The van der Waals surface area contributed by atoms with Crippen molar-refractivity contribution in [2.24, 2.45) is 0 Å². The molecule has 0 aliphatic rings. The van der Waals surface area contributed by atoms with Gasteiger partial charge in [0.15, 0.2) is 0 Å². The van der Waals surface area contributed by atoms with Crippen LogP contribution in [-0.4, -0.2) is 0 Å². The fourth-order valence-corrected chi connectivity index (χ4v) is 1.21. The van der Waals surface area contributed by atoms with E-state index in [1.54, 1.807) is 0 Å². The van der Waals surface area contributed by atoms with Gasteiger partial charge in [-0.3, -0.25) is 0 Å². The van der Waals surface area contributed by atoms with E-state index in [1.165, 1.54) is 0 Å². The predicted molar refractivity (Wildman–Crippen MR) is 80.1 cm³/mol. The molecule has 19 heavy (non-hydrogen) atoms. The number of hydrogen-bond donors (Lipinski definition) is 0. The Kier molecular flexibility index (Phi) is 10.2. The lowest BCUT2D eigenvalue weighted by Crippen LogP contribution is -1.62. The minimum absolute atomic E-state index is 1.21. The lowest BCUT2D eigenvalue weighted by atomic mass is 10.6. The van der Waals surface area contributed by atoms with Gasteiger partial charge >= 0.3 is 0 Å². The summed E-state index contributed by atoms with van der Waals surface area (Å²) in [6, 6.07) is 0. The smallest absolute Gasteiger partial charge is 0.106 e. The third-order valence-electron chi connectivity index (χ3n) is 1.09. The van der Waals surface area contributed by atoms with E-state index in [4.69, 9.17) is 19.3 Å². The van der Waals surface area contributed by atoms with Crippen molar-refractivity contribution in [1.82, 2.24) is 0 Å². The van der Waals surface area contributed by atoms with Crippen molar-refractivity contribution < 1.29 is 0 Å². The maximum Gasteiger partial charge on any atom is 0.130 e. The first kappa shape index (κ1) is 15.5. The van der Waals surface area contributed by atoms with Crippen molar-refractivity contribution in [2.45, 2.75) is 0 Å². The van der Waals surface area contributed by atoms with E-state index >= 15 is 0 Å². The number of rotatable bonds is 0. The lowest BCUT2D eigenvalue weighted by Gasteiger charge is -1.84. The van der Waals surface area contributed by atoms with Gasteiger partial charge in [-0.1, -0.05) is 0 Å². The molecule has 0 aromatic rings. The van der Waals surface area contributed by atoms with Gasteiger partial charge < -0.3 is 0 Å². The van der Waals surface area contributed by atoms with Gasteiger partial charge in [0.05, 0.1) is 0 Å². The van der Waals surface area contributed by atoms with Crippen LogP contribution in [-0.2, 0) is 0 Å². The first-order valence-electron chi connectivity index (χ1n) is 4.54. The highest BCUT2D eigenvalue weighted by Crippen LogP contribution is 2.29. The molecule has 0 aliphatic heterocycles. The molecule has 0 saturated carbocycles. The Morgan fingerprint density at radius 3 is 1.00 bits per heavy atom. The molecule has 0 aliphatic carbocycles. The van der Waals surface area contributed by atoms with Crippen molar-refractivity contribution in [1.29, 1.82) is 0 Å². The van der Waals surface area contributed by atoms with E-state index < -0.39 is 7.92 Å². The normalized spacial score (nSPS) is 4.74. The fourth-order valence-electron chi connectivity index (χ4n) is 0.537. The Morgan fingerprint density at radius 1 is 0.421 bits per heavy atom. The topological polar surface area (TPSA) is 0 Å². The average molecular weight is 250 g/mol. The second kappa shape index (κ2) is 12.5. The highest BCUT2D eigenvalue weighted by atomic mass is 31.1. The van der Waals surface area contributed by atoms with Crippen LogP contribution < -0.4 is 0 Å². The second-order valence-electron chi connectivity index (χ2n) is 2.23. The van der Waals surface area contributed by atoms with E-state index in [0.717, 1.165) is 0 Å². The van der Waals surface area contributed by atoms with E-state index in [1.807, 2.05) is 0 Å². The Bertz CT molecular complexity index is 707. The summed E-state index contributed by atoms with van der Waals surface area (Å²) in [5.41, 5.74) is 8.30. The van der Waals surface area contributed by atoms with Gasteiger partial charge in [-0.25, -0.2) is 0 Å². The van der Waals surface area contributed by atoms with Crippen molar-refractivity contribution in [3.8, 4) is 107 Å².